The van der Waals surface area contributed by atoms with E-state index in [-0.39, 0.29) is 4.90 Å². The van der Waals surface area contributed by atoms with Crippen LogP contribution in [0, 0.1) is 0 Å². The van der Waals surface area contributed by atoms with Crippen molar-refractivity contribution in [3.8, 4) is 11.3 Å². The monoisotopic (exact) mass is 595 g/mol. The zero-order valence-electron chi connectivity index (χ0n) is 24.1. The van der Waals surface area contributed by atoms with Crippen LogP contribution in [0.4, 0.5) is 0 Å². The summed E-state index contributed by atoms with van der Waals surface area (Å²) in [5.74, 6) is 0. The molecular formula is C41H25NO2S. The molecule has 45 heavy (non-hydrogen) atoms. The summed E-state index contributed by atoms with van der Waals surface area (Å²) >= 11 is 0. The quantitative estimate of drug-likeness (QED) is 0.151. The van der Waals surface area contributed by atoms with Crippen LogP contribution in [0.1, 0.15) is 0 Å². The van der Waals surface area contributed by atoms with Gasteiger partial charge in [0.15, 0.2) is 0 Å². The van der Waals surface area contributed by atoms with Gasteiger partial charge in [0.05, 0.1) is 21.0 Å². The Morgan fingerprint density at radius 1 is 0.378 bits per heavy atom. The molecule has 0 bridgehead atoms. The number of sulfone groups is 1. The van der Waals surface area contributed by atoms with Gasteiger partial charge in [-0.1, -0.05) is 133 Å². The number of para-hydroxylation sites is 1. The average Bonchev–Trinajstić information content (AvgIpc) is 3.10. The van der Waals surface area contributed by atoms with Crippen molar-refractivity contribution in [3.63, 3.8) is 0 Å². The maximum absolute atomic E-state index is 14.4. The Morgan fingerprint density at radius 2 is 0.800 bits per heavy atom. The van der Waals surface area contributed by atoms with Crippen molar-refractivity contribution in [1.29, 1.82) is 0 Å². The Bertz CT molecular complexity index is 2710. The molecule has 1 heterocycles. The van der Waals surface area contributed by atoms with Gasteiger partial charge >= 0.3 is 0 Å². The molecule has 0 unspecified atom stereocenters. The number of nitrogens with zero attached hydrogens (tertiary/aromatic N) is 1. The molecule has 0 saturated heterocycles. The minimum atomic E-state index is -3.85. The van der Waals surface area contributed by atoms with Crippen LogP contribution in [0.25, 0.3) is 76.0 Å². The van der Waals surface area contributed by atoms with Gasteiger partial charge in [0.2, 0.25) is 9.84 Å². The first kappa shape index (κ1) is 25.9. The molecule has 0 aliphatic rings. The molecule has 0 spiro atoms. The second-order valence-electron chi connectivity index (χ2n) is 11.4. The van der Waals surface area contributed by atoms with Crippen LogP contribution < -0.4 is 0 Å². The van der Waals surface area contributed by atoms with Crippen LogP contribution in [-0.2, 0) is 9.84 Å². The lowest BCUT2D eigenvalue weighted by Gasteiger charge is -2.20. The number of rotatable bonds is 3. The van der Waals surface area contributed by atoms with Gasteiger partial charge in [-0.05, 0) is 50.5 Å². The largest absolute Gasteiger partial charge is 0.247 e. The lowest BCUT2D eigenvalue weighted by atomic mass is 9.87. The van der Waals surface area contributed by atoms with E-state index in [9.17, 15) is 8.42 Å². The first-order chi connectivity index (χ1) is 22.1. The molecule has 0 fully saturated rings. The van der Waals surface area contributed by atoms with E-state index in [1.165, 1.54) is 10.8 Å². The maximum Gasteiger partial charge on any atom is 0.207 e. The van der Waals surface area contributed by atoms with Gasteiger partial charge in [0, 0.05) is 32.5 Å². The van der Waals surface area contributed by atoms with Crippen molar-refractivity contribution in [3.05, 3.63) is 152 Å². The highest BCUT2D eigenvalue weighted by molar-refractivity contribution is 7.92. The highest BCUT2D eigenvalue weighted by Gasteiger charge is 2.27. The van der Waals surface area contributed by atoms with Gasteiger partial charge in [-0.15, -0.1) is 0 Å². The topological polar surface area (TPSA) is 47.0 Å². The van der Waals surface area contributed by atoms with Crippen molar-refractivity contribution in [2.45, 2.75) is 9.79 Å². The van der Waals surface area contributed by atoms with Crippen LogP contribution in [0.3, 0.4) is 0 Å². The molecule has 8 aromatic carbocycles. The molecule has 9 rings (SSSR count). The smallest absolute Gasteiger partial charge is 0.207 e. The number of fused-ring (bicyclic) bond motifs is 10. The van der Waals surface area contributed by atoms with E-state index in [4.69, 9.17) is 4.98 Å². The number of hydrogen-bond acceptors (Lipinski definition) is 3. The summed E-state index contributed by atoms with van der Waals surface area (Å²) in [5.41, 5.74) is 2.68. The highest BCUT2D eigenvalue weighted by atomic mass is 32.2. The molecule has 0 N–H and O–H groups in total. The Balaban J connectivity index is 1.56. The summed E-state index contributed by atoms with van der Waals surface area (Å²) in [4.78, 5) is 6.03. The molecule has 3 nitrogen and oxygen atoms in total. The lowest BCUT2D eigenvalue weighted by molar-refractivity contribution is 0.597. The molecule has 0 saturated carbocycles. The number of benzene rings is 8. The van der Waals surface area contributed by atoms with Crippen molar-refractivity contribution in [1.82, 2.24) is 4.98 Å². The fourth-order valence-electron chi connectivity index (χ4n) is 7.16. The fourth-order valence-corrected chi connectivity index (χ4v) is 8.84. The summed E-state index contributed by atoms with van der Waals surface area (Å²) in [5, 5.41) is 11.0. The fraction of sp³-hybridized carbons (Fsp3) is 0. The van der Waals surface area contributed by atoms with Crippen LogP contribution in [-0.4, -0.2) is 13.4 Å². The molecule has 9 aromatic rings. The third-order valence-electron chi connectivity index (χ3n) is 9.02. The number of aromatic nitrogens is 1. The second kappa shape index (κ2) is 9.71. The summed E-state index contributed by atoms with van der Waals surface area (Å²) in [6, 6.07) is 49.9. The average molecular weight is 596 g/mol. The van der Waals surface area contributed by atoms with E-state index >= 15 is 0 Å². The molecule has 0 aliphatic carbocycles. The van der Waals surface area contributed by atoms with Gasteiger partial charge < -0.3 is 0 Å². The highest BCUT2D eigenvalue weighted by Crippen LogP contribution is 2.48. The van der Waals surface area contributed by atoms with Crippen molar-refractivity contribution in [2.75, 3.05) is 0 Å². The molecule has 1 aromatic heterocycles. The lowest BCUT2D eigenvalue weighted by Crippen LogP contribution is -2.05. The molecule has 0 amide bonds. The van der Waals surface area contributed by atoms with Crippen LogP contribution in [0.2, 0.25) is 0 Å². The maximum atomic E-state index is 14.4. The Labute approximate surface area is 259 Å². The summed E-state index contributed by atoms with van der Waals surface area (Å²) in [6.45, 7) is 0. The number of hydrogen-bond donors (Lipinski definition) is 0. The molecule has 4 heteroatoms. The van der Waals surface area contributed by atoms with Gasteiger partial charge in [0.1, 0.15) is 0 Å². The van der Waals surface area contributed by atoms with E-state index in [1.54, 1.807) is 24.3 Å². The first-order valence-electron chi connectivity index (χ1n) is 15.0. The molecule has 212 valence electrons. The predicted octanol–water partition coefficient (Wildman–Crippen LogP) is 10.5. The zero-order valence-corrected chi connectivity index (χ0v) is 24.9. The summed E-state index contributed by atoms with van der Waals surface area (Å²) < 4.78 is 28.8. The van der Waals surface area contributed by atoms with E-state index in [0.717, 1.165) is 54.5 Å². The van der Waals surface area contributed by atoms with Gasteiger partial charge in [0.25, 0.3) is 0 Å². The van der Waals surface area contributed by atoms with E-state index in [1.807, 2.05) is 60.7 Å². The molecule has 0 atom stereocenters. The predicted molar refractivity (Wildman–Crippen MR) is 187 cm³/mol. The van der Waals surface area contributed by atoms with E-state index in [2.05, 4.69) is 66.7 Å². The van der Waals surface area contributed by atoms with Gasteiger partial charge in [-0.2, -0.15) is 0 Å². The standard InChI is InChI=1S/C41H25NO2S/c43-45(44,26-14-2-1-3-15-26)41-33-22-10-8-20-31(33)38(32-21-9-11-23-34(32)41)40-39-30-19-7-5-17-28(30)27-16-4-6-18-29(27)37(39)35-24-12-13-25-36(35)42-40/h1-25H. The minimum absolute atomic E-state index is 0.278. The summed E-state index contributed by atoms with van der Waals surface area (Å²) in [7, 11) is -3.85. The Morgan fingerprint density at radius 3 is 1.38 bits per heavy atom. The third kappa shape index (κ3) is 3.70. The first-order valence-corrected chi connectivity index (χ1v) is 16.5. The zero-order chi connectivity index (χ0) is 30.1. The molecular weight excluding hydrogens is 571 g/mol. The van der Waals surface area contributed by atoms with Crippen molar-refractivity contribution < 1.29 is 8.42 Å². The van der Waals surface area contributed by atoms with E-state index < -0.39 is 9.84 Å². The molecule has 0 radical (unpaired) electrons. The van der Waals surface area contributed by atoms with Gasteiger partial charge in [-0.25, -0.2) is 13.4 Å². The van der Waals surface area contributed by atoms with Crippen molar-refractivity contribution in [2.24, 2.45) is 0 Å². The third-order valence-corrected chi connectivity index (χ3v) is 10.9. The number of pyridine rings is 1. The van der Waals surface area contributed by atoms with Gasteiger partial charge in [-0.3, -0.25) is 0 Å². The summed E-state index contributed by atoms with van der Waals surface area (Å²) in [6.07, 6.45) is 0. The normalized spacial score (nSPS) is 12.2. The molecule has 0 aliphatic heterocycles. The van der Waals surface area contributed by atoms with Crippen molar-refractivity contribution >= 4 is 74.6 Å². The minimum Gasteiger partial charge on any atom is -0.247 e. The van der Waals surface area contributed by atoms with Crippen LogP contribution in [0.15, 0.2) is 161 Å². The Hall–Kier alpha value is -5.58. The SMILES string of the molecule is O=S(=O)(c1ccccc1)c1c2ccccc2c(-c2nc3ccccc3c3c4ccccc4c4ccccc4c23)c2ccccc12. The van der Waals surface area contributed by atoms with Crippen LogP contribution in [0.5, 0.6) is 0 Å². The second-order valence-corrected chi connectivity index (χ2v) is 13.3. The van der Waals surface area contributed by atoms with E-state index in [0.29, 0.717) is 15.7 Å². The van der Waals surface area contributed by atoms with Crippen LogP contribution >= 0.6 is 0 Å². The Kier molecular flexibility index (Phi) is 5.59.